The molecule has 1 N–H and O–H groups in total. The summed E-state index contributed by atoms with van der Waals surface area (Å²) in [6, 6.07) is 9.86. The number of aromatic carboxylic acids is 1. The third-order valence-corrected chi connectivity index (χ3v) is 3.32. The molecule has 0 radical (unpaired) electrons. The predicted molar refractivity (Wildman–Crippen MR) is 80.9 cm³/mol. The number of carbonyl (C=O) groups is 2. The van der Waals surface area contributed by atoms with Gasteiger partial charge in [0.05, 0.1) is 23.4 Å². The summed E-state index contributed by atoms with van der Waals surface area (Å²) in [5.41, 5.74) is 2.50. The van der Waals surface area contributed by atoms with Gasteiger partial charge < -0.3 is 5.11 Å². The maximum atomic E-state index is 12.1. The molecule has 0 atom stereocenters. The number of benzene rings is 1. The Morgan fingerprint density at radius 1 is 1.23 bits per heavy atom. The Morgan fingerprint density at radius 2 is 2.00 bits per heavy atom. The fourth-order valence-corrected chi connectivity index (χ4v) is 2.27. The number of hydrazone groups is 1. The highest BCUT2D eigenvalue weighted by Gasteiger charge is 2.25. The zero-order valence-corrected chi connectivity index (χ0v) is 11.6. The standard InChI is InChI=1S/C16H13N3O3/c20-15-9-13(8-11-2-1-7-17-10-11)18-19(15)14-5-3-12(4-6-14)16(21)22/h1-7,10H,8-9H2,(H,21,22). The number of aromatic nitrogens is 1. The van der Waals surface area contributed by atoms with Crippen molar-refractivity contribution in [1.29, 1.82) is 0 Å². The van der Waals surface area contributed by atoms with Crippen LogP contribution in [0.4, 0.5) is 5.69 Å². The number of nitrogens with zero attached hydrogens (tertiary/aromatic N) is 3. The van der Waals surface area contributed by atoms with Crippen molar-refractivity contribution in [3.63, 3.8) is 0 Å². The number of carboxylic acid groups (broad SMARTS) is 1. The van der Waals surface area contributed by atoms with Crippen LogP contribution in [0.15, 0.2) is 53.9 Å². The van der Waals surface area contributed by atoms with Gasteiger partial charge in [-0.2, -0.15) is 5.10 Å². The van der Waals surface area contributed by atoms with E-state index in [9.17, 15) is 9.59 Å². The molecule has 6 heteroatoms. The van der Waals surface area contributed by atoms with Crippen LogP contribution in [0.5, 0.6) is 0 Å². The number of rotatable bonds is 4. The molecule has 1 aromatic heterocycles. The summed E-state index contributed by atoms with van der Waals surface area (Å²) in [6.45, 7) is 0. The van der Waals surface area contributed by atoms with Crippen LogP contribution < -0.4 is 5.01 Å². The maximum absolute atomic E-state index is 12.1. The van der Waals surface area contributed by atoms with Gasteiger partial charge in [-0.05, 0) is 35.9 Å². The number of hydrogen-bond acceptors (Lipinski definition) is 4. The Morgan fingerprint density at radius 3 is 2.64 bits per heavy atom. The van der Waals surface area contributed by atoms with Crippen molar-refractivity contribution >= 4 is 23.3 Å². The van der Waals surface area contributed by atoms with Crippen molar-refractivity contribution in [3.8, 4) is 0 Å². The van der Waals surface area contributed by atoms with Crippen LogP contribution in [-0.4, -0.2) is 27.7 Å². The largest absolute Gasteiger partial charge is 0.478 e. The molecule has 0 spiro atoms. The van der Waals surface area contributed by atoms with E-state index in [1.165, 1.54) is 17.1 Å². The highest BCUT2D eigenvalue weighted by Crippen LogP contribution is 2.22. The molecule has 2 heterocycles. The van der Waals surface area contributed by atoms with E-state index in [4.69, 9.17) is 5.11 Å². The van der Waals surface area contributed by atoms with E-state index >= 15 is 0 Å². The van der Waals surface area contributed by atoms with Crippen LogP contribution in [0.25, 0.3) is 0 Å². The van der Waals surface area contributed by atoms with Crippen molar-refractivity contribution in [2.24, 2.45) is 5.10 Å². The van der Waals surface area contributed by atoms with Crippen LogP contribution in [0, 0.1) is 0 Å². The molecule has 0 saturated heterocycles. The third kappa shape index (κ3) is 2.85. The first kappa shape index (κ1) is 13.9. The number of carbonyl (C=O) groups excluding carboxylic acids is 1. The highest BCUT2D eigenvalue weighted by molar-refractivity contribution is 6.13. The Hall–Kier alpha value is -3.02. The second-order valence-corrected chi connectivity index (χ2v) is 4.94. The number of carboxylic acids is 1. The maximum Gasteiger partial charge on any atom is 0.335 e. The first-order chi connectivity index (χ1) is 10.6. The lowest BCUT2D eigenvalue weighted by Gasteiger charge is -2.11. The first-order valence-electron chi connectivity index (χ1n) is 6.75. The summed E-state index contributed by atoms with van der Waals surface area (Å²) < 4.78 is 0. The van der Waals surface area contributed by atoms with Crippen LogP contribution >= 0.6 is 0 Å². The van der Waals surface area contributed by atoms with Crippen LogP contribution in [-0.2, 0) is 11.2 Å². The zero-order chi connectivity index (χ0) is 15.5. The Bertz CT molecular complexity index is 739. The third-order valence-electron chi connectivity index (χ3n) is 3.32. The summed E-state index contributed by atoms with van der Waals surface area (Å²) >= 11 is 0. The Kier molecular flexibility index (Phi) is 3.65. The molecule has 22 heavy (non-hydrogen) atoms. The Labute approximate surface area is 126 Å². The van der Waals surface area contributed by atoms with E-state index in [1.54, 1.807) is 24.5 Å². The van der Waals surface area contributed by atoms with Crippen molar-refractivity contribution in [2.75, 3.05) is 5.01 Å². The normalized spacial score (nSPS) is 14.1. The molecular weight excluding hydrogens is 282 g/mol. The van der Waals surface area contributed by atoms with Crippen molar-refractivity contribution in [2.45, 2.75) is 12.8 Å². The number of hydrogen-bond donors (Lipinski definition) is 1. The lowest BCUT2D eigenvalue weighted by Crippen LogP contribution is -2.19. The van der Waals surface area contributed by atoms with Crippen molar-refractivity contribution in [1.82, 2.24) is 4.98 Å². The van der Waals surface area contributed by atoms with E-state index in [0.717, 1.165) is 11.3 Å². The first-order valence-corrected chi connectivity index (χ1v) is 6.75. The van der Waals surface area contributed by atoms with Gasteiger partial charge in [0.25, 0.3) is 5.91 Å². The molecular formula is C16H13N3O3. The lowest BCUT2D eigenvalue weighted by atomic mass is 10.1. The van der Waals surface area contributed by atoms with Gasteiger partial charge in [0.15, 0.2) is 0 Å². The van der Waals surface area contributed by atoms with E-state index in [0.29, 0.717) is 12.1 Å². The SMILES string of the molecule is O=C(O)c1ccc(N2N=C(Cc3cccnc3)CC2=O)cc1. The fraction of sp³-hybridized carbons (Fsp3) is 0.125. The topological polar surface area (TPSA) is 82.9 Å². The molecule has 3 rings (SSSR count). The van der Waals surface area contributed by atoms with Crippen molar-refractivity contribution in [3.05, 3.63) is 59.9 Å². The number of amides is 1. The highest BCUT2D eigenvalue weighted by atomic mass is 16.4. The molecule has 0 saturated carbocycles. The average molecular weight is 295 g/mol. The average Bonchev–Trinajstić information content (AvgIpc) is 2.89. The van der Waals surface area contributed by atoms with Gasteiger partial charge in [-0.15, -0.1) is 0 Å². The van der Waals surface area contributed by atoms with Gasteiger partial charge in [0.1, 0.15) is 0 Å². The van der Waals surface area contributed by atoms with Gasteiger partial charge in [-0.1, -0.05) is 6.07 Å². The zero-order valence-electron chi connectivity index (χ0n) is 11.6. The summed E-state index contributed by atoms with van der Waals surface area (Å²) in [6.07, 6.45) is 4.28. The monoisotopic (exact) mass is 295 g/mol. The second kappa shape index (κ2) is 5.77. The van der Waals surface area contributed by atoms with Gasteiger partial charge >= 0.3 is 5.97 Å². The van der Waals surface area contributed by atoms with Gasteiger partial charge in [-0.3, -0.25) is 9.78 Å². The van der Waals surface area contributed by atoms with Gasteiger partial charge in [0, 0.05) is 18.8 Å². The van der Waals surface area contributed by atoms with Crippen molar-refractivity contribution < 1.29 is 14.7 Å². The minimum atomic E-state index is -1.000. The van der Waals surface area contributed by atoms with Crippen LogP contribution in [0.1, 0.15) is 22.3 Å². The van der Waals surface area contributed by atoms with E-state index in [-0.39, 0.29) is 17.9 Å². The smallest absolute Gasteiger partial charge is 0.335 e. The number of anilines is 1. The Balaban J connectivity index is 1.79. The molecule has 110 valence electrons. The summed E-state index contributed by atoms with van der Waals surface area (Å²) in [5.74, 6) is -1.12. The molecule has 0 bridgehead atoms. The molecule has 1 aliphatic rings. The minimum Gasteiger partial charge on any atom is -0.478 e. The molecule has 2 aromatic rings. The predicted octanol–water partition coefficient (Wildman–Crippen LogP) is 2.12. The molecule has 1 aromatic carbocycles. The molecule has 1 aliphatic heterocycles. The second-order valence-electron chi connectivity index (χ2n) is 4.94. The van der Waals surface area contributed by atoms with Gasteiger partial charge in [-0.25, -0.2) is 9.80 Å². The van der Waals surface area contributed by atoms with Crippen LogP contribution in [0.3, 0.4) is 0 Å². The summed E-state index contributed by atoms with van der Waals surface area (Å²) in [7, 11) is 0. The lowest BCUT2D eigenvalue weighted by molar-refractivity contribution is -0.116. The van der Waals surface area contributed by atoms with Crippen LogP contribution in [0.2, 0.25) is 0 Å². The molecule has 0 aliphatic carbocycles. The molecule has 0 unspecified atom stereocenters. The molecule has 1 amide bonds. The number of pyridine rings is 1. The van der Waals surface area contributed by atoms with E-state index in [1.807, 2.05) is 12.1 Å². The van der Waals surface area contributed by atoms with E-state index < -0.39 is 5.97 Å². The molecule has 0 fully saturated rings. The fourth-order valence-electron chi connectivity index (χ4n) is 2.27. The van der Waals surface area contributed by atoms with Gasteiger partial charge in [0.2, 0.25) is 0 Å². The van der Waals surface area contributed by atoms with E-state index in [2.05, 4.69) is 10.1 Å². The quantitative estimate of drug-likeness (QED) is 0.936. The summed E-state index contributed by atoms with van der Waals surface area (Å²) in [4.78, 5) is 27.0. The minimum absolute atomic E-state index is 0.123. The summed E-state index contributed by atoms with van der Waals surface area (Å²) in [5, 5.41) is 14.5. The molecule has 6 nitrogen and oxygen atoms in total.